The Morgan fingerprint density at radius 1 is 1.35 bits per heavy atom. The lowest BCUT2D eigenvalue weighted by atomic mass is 10.0. The van der Waals surface area contributed by atoms with Crippen LogP contribution in [-0.2, 0) is 11.8 Å². The van der Waals surface area contributed by atoms with E-state index in [2.05, 4.69) is 0 Å². The van der Waals surface area contributed by atoms with Crippen LogP contribution in [-0.4, -0.2) is 29.5 Å². The van der Waals surface area contributed by atoms with E-state index in [9.17, 15) is 4.79 Å². The molecule has 0 spiro atoms. The fraction of sp³-hybridized carbons (Fsp3) is 0.308. The molecule has 0 saturated carbocycles. The van der Waals surface area contributed by atoms with Gasteiger partial charge in [0.15, 0.2) is 0 Å². The second kappa shape index (κ2) is 4.22. The minimum Gasteiger partial charge on any atom is -0.368 e. The number of carbonyl (C=O) groups excluding carboxylic acids is 1. The zero-order valence-corrected chi connectivity index (χ0v) is 10.3. The van der Waals surface area contributed by atoms with Gasteiger partial charge in [0.05, 0.1) is 0 Å². The standard InChI is InChI=1S/C13H17N3O/c1-15(2)12(13(14)17)10-8-16(3)11-7-5-4-6-9(10)11/h4-8,12H,1-3H3,(H2,14,17). The number of likely N-dealkylation sites (N-methyl/N-ethyl adjacent to an activating group) is 1. The van der Waals surface area contributed by atoms with E-state index in [-0.39, 0.29) is 11.9 Å². The maximum atomic E-state index is 11.6. The summed E-state index contributed by atoms with van der Waals surface area (Å²) >= 11 is 0. The zero-order chi connectivity index (χ0) is 12.6. The topological polar surface area (TPSA) is 51.3 Å². The van der Waals surface area contributed by atoms with Crippen LogP contribution in [0.15, 0.2) is 30.5 Å². The van der Waals surface area contributed by atoms with Gasteiger partial charge in [0, 0.05) is 29.7 Å². The molecule has 1 unspecified atom stereocenters. The number of carbonyl (C=O) groups is 1. The summed E-state index contributed by atoms with van der Waals surface area (Å²) in [7, 11) is 5.69. The molecule has 1 aromatic heterocycles. The molecule has 0 saturated heterocycles. The molecule has 0 aliphatic carbocycles. The average Bonchev–Trinajstić information content (AvgIpc) is 2.56. The van der Waals surface area contributed by atoms with Gasteiger partial charge in [0.2, 0.25) is 5.91 Å². The Bertz CT molecular complexity index is 557. The number of hydrogen-bond acceptors (Lipinski definition) is 2. The molecule has 17 heavy (non-hydrogen) atoms. The molecule has 0 aliphatic heterocycles. The maximum absolute atomic E-state index is 11.6. The van der Waals surface area contributed by atoms with E-state index in [1.54, 1.807) is 0 Å². The van der Waals surface area contributed by atoms with Gasteiger partial charge in [-0.15, -0.1) is 0 Å². The second-order valence-electron chi connectivity index (χ2n) is 4.48. The highest BCUT2D eigenvalue weighted by atomic mass is 16.1. The predicted octanol–water partition coefficient (Wildman–Crippen LogP) is 1.27. The molecular formula is C13H17N3O. The van der Waals surface area contributed by atoms with Gasteiger partial charge in [0.25, 0.3) is 0 Å². The third-order valence-corrected chi connectivity index (χ3v) is 3.01. The molecule has 2 N–H and O–H groups in total. The van der Waals surface area contributed by atoms with Crippen molar-refractivity contribution < 1.29 is 4.79 Å². The normalized spacial score (nSPS) is 13.2. The quantitative estimate of drug-likeness (QED) is 0.864. The summed E-state index contributed by atoms with van der Waals surface area (Å²) in [6, 6.07) is 7.62. The van der Waals surface area contributed by atoms with Crippen LogP contribution in [0.3, 0.4) is 0 Å². The maximum Gasteiger partial charge on any atom is 0.239 e. The zero-order valence-electron chi connectivity index (χ0n) is 10.3. The van der Waals surface area contributed by atoms with Crippen LogP contribution in [0, 0.1) is 0 Å². The molecule has 4 heteroatoms. The first-order valence-electron chi connectivity index (χ1n) is 5.52. The molecule has 2 rings (SSSR count). The highest BCUT2D eigenvalue weighted by molar-refractivity contribution is 5.91. The van der Waals surface area contributed by atoms with Crippen LogP contribution in [0.5, 0.6) is 0 Å². The summed E-state index contributed by atoms with van der Waals surface area (Å²) in [5.74, 6) is -0.327. The fourth-order valence-electron chi connectivity index (χ4n) is 2.28. The summed E-state index contributed by atoms with van der Waals surface area (Å²) in [6.45, 7) is 0. The van der Waals surface area contributed by atoms with Gasteiger partial charge >= 0.3 is 0 Å². The van der Waals surface area contributed by atoms with E-state index in [1.807, 2.05) is 61.1 Å². The summed E-state index contributed by atoms with van der Waals surface area (Å²) in [5, 5.41) is 1.08. The highest BCUT2D eigenvalue weighted by Gasteiger charge is 2.23. The number of amides is 1. The van der Waals surface area contributed by atoms with E-state index >= 15 is 0 Å². The van der Waals surface area contributed by atoms with Crippen LogP contribution >= 0.6 is 0 Å². The Kier molecular flexibility index (Phi) is 2.90. The van der Waals surface area contributed by atoms with Crippen LogP contribution in [0.2, 0.25) is 0 Å². The van der Waals surface area contributed by atoms with E-state index in [0.717, 1.165) is 16.5 Å². The highest BCUT2D eigenvalue weighted by Crippen LogP contribution is 2.28. The number of primary amides is 1. The van der Waals surface area contributed by atoms with Crippen LogP contribution in [0.1, 0.15) is 11.6 Å². The van der Waals surface area contributed by atoms with Gasteiger partial charge in [-0.2, -0.15) is 0 Å². The van der Waals surface area contributed by atoms with Gasteiger partial charge in [0.1, 0.15) is 6.04 Å². The lowest BCUT2D eigenvalue weighted by molar-refractivity contribution is -0.122. The van der Waals surface area contributed by atoms with Gasteiger partial charge in [-0.05, 0) is 20.2 Å². The van der Waals surface area contributed by atoms with Crippen molar-refractivity contribution in [1.29, 1.82) is 0 Å². The first-order chi connectivity index (χ1) is 8.02. The number of fused-ring (bicyclic) bond motifs is 1. The SMILES string of the molecule is CN(C)C(C(N)=O)c1cn(C)c2ccccc12. The summed E-state index contributed by atoms with van der Waals surface area (Å²) in [5.41, 5.74) is 7.55. The molecule has 0 radical (unpaired) electrons. The van der Waals surface area contributed by atoms with Crippen molar-refractivity contribution >= 4 is 16.8 Å². The fourth-order valence-corrected chi connectivity index (χ4v) is 2.28. The van der Waals surface area contributed by atoms with Gasteiger partial charge < -0.3 is 10.3 Å². The smallest absolute Gasteiger partial charge is 0.239 e. The average molecular weight is 231 g/mol. The molecule has 1 atom stereocenters. The molecule has 90 valence electrons. The molecule has 0 aliphatic rings. The van der Waals surface area contributed by atoms with Gasteiger partial charge in [-0.25, -0.2) is 0 Å². The van der Waals surface area contributed by atoms with Crippen molar-refractivity contribution in [2.75, 3.05) is 14.1 Å². The van der Waals surface area contributed by atoms with E-state index < -0.39 is 0 Å². The van der Waals surface area contributed by atoms with Gasteiger partial charge in [-0.1, -0.05) is 18.2 Å². The number of aryl methyl sites for hydroxylation is 1. The van der Waals surface area contributed by atoms with Gasteiger partial charge in [-0.3, -0.25) is 9.69 Å². The Morgan fingerprint density at radius 3 is 2.59 bits per heavy atom. The molecule has 1 heterocycles. The molecule has 1 amide bonds. The molecular weight excluding hydrogens is 214 g/mol. The van der Waals surface area contributed by atoms with Crippen molar-refractivity contribution in [3.05, 3.63) is 36.0 Å². The number of nitrogens with two attached hydrogens (primary N) is 1. The van der Waals surface area contributed by atoms with E-state index in [1.165, 1.54) is 0 Å². The Balaban J connectivity index is 2.65. The minimum atomic E-state index is -0.388. The van der Waals surface area contributed by atoms with Crippen LogP contribution in [0.4, 0.5) is 0 Å². The predicted molar refractivity (Wildman–Crippen MR) is 68.5 cm³/mol. The van der Waals surface area contributed by atoms with Crippen molar-refractivity contribution in [2.24, 2.45) is 12.8 Å². The third-order valence-electron chi connectivity index (χ3n) is 3.01. The van der Waals surface area contributed by atoms with Crippen molar-refractivity contribution in [2.45, 2.75) is 6.04 Å². The number of para-hydroxylation sites is 1. The minimum absolute atomic E-state index is 0.327. The monoisotopic (exact) mass is 231 g/mol. The molecule has 0 fully saturated rings. The lowest BCUT2D eigenvalue weighted by Crippen LogP contribution is -2.32. The van der Waals surface area contributed by atoms with Crippen molar-refractivity contribution in [3.8, 4) is 0 Å². The molecule has 0 bridgehead atoms. The number of aromatic nitrogens is 1. The Labute approximate surface area is 101 Å². The number of rotatable bonds is 3. The Hall–Kier alpha value is -1.81. The first-order valence-corrected chi connectivity index (χ1v) is 5.52. The van der Waals surface area contributed by atoms with Crippen molar-refractivity contribution in [3.63, 3.8) is 0 Å². The summed E-state index contributed by atoms with van der Waals surface area (Å²) in [6.07, 6.45) is 1.97. The van der Waals surface area contributed by atoms with Crippen LogP contribution < -0.4 is 5.73 Å². The third kappa shape index (κ3) is 1.91. The Morgan fingerprint density at radius 2 is 2.00 bits per heavy atom. The number of hydrogen-bond donors (Lipinski definition) is 1. The lowest BCUT2D eigenvalue weighted by Gasteiger charge is -2.20. The molecule has 4 nitrogen and oxygen atoms in total. The van der Waals surface area contributed by atoms with E-state index in [4.69, 9.17) is 5.73 Å². The number of nitrogens with zero attached hydrogens (tertiary/aromatic N) is 2. The number of benzene rings is 1. The molecule has 2 aromatic rings. The summed E-state index contributed by atoms with van der Waals surface area (Å²) in [4.78, 5) is 13.4. The second-order valence-corrected chi connectivity index (χ2v) is 4.48. The van der Waals surface area contributed by atoms with Crippen molar-refractivity contribution in [1.82, 2.24) is 9.47 Å². The van der Waals surface area contributed by atoms with Crippen LogP contribution in [0.25, 0.3) is 10.9 Å². The molecule has 1 aromatic carbocycles. The summed E-state index contributed by atoms with van der Waals surface area (Å²) < 4.78 is 2.02. The first kappa shape index (κ1) is 11.7. The van der Waals surface area contributed by atoms with E-state index in [0.29, 0.717) is 0 Å². The largest absolute Gasteiger partial charge is 0.368 e.